The molecule has 4 heteroatoms. The van der Waals surface area contributed by atoms with Crippen LogP contribution in [0.1, 0.15) is 25.7 Å². The fourth-order valence-corrected chi connectivity index (χ4v) is 3.19. The summed E-state index contributed by atoms with van der Waals surface area (Å²) >= 11 is 0. The highest BCUT2D eigenvalue weighted by Crippen LogP contribution is 2.47. The van der Waals surface area contributed by atoms with Crippen LogP contribution in [-0.4, -0.2) is 45.0 Å². The van der Waals surface area contributed by atoms with Gasteiger partial charge in [0.25, 0.3) is 0 Å². The van der Waals surface area contributed by atoms with Crippen molar-refractivity contribution >= 4 is 9.84 Å². The maximum atomic E-state index is 11.0. The third-order valence-corrected chi connectivity index (χ3v) is 4.63. The number of rotatable bonds is 3. The number of likely N-dealkylation sites (tertiary alicyclic amines) is 1. The van der Waals surface area contributed by atoms with E-state index in [4.69, 9.17) is 0 Å². The second kappa shape index (κ2) is 3.49. The molecular weight excluding hydrogens is 198 g/mol. The number of sulfone groups is 1. The van der Waals surface area contributed by atoms with Gasteiger partial charge in [0.2, 0.25) is 0 Å². The SMILES string of the molecule is CS(=O)(=O)CCN1CCC2(CCC2)C1. The van der Waals surface area contributed by atoms with Crippen molar-refractivity contribution in [2.24, 2.45) is 5.41 Å². The summed E-state index contributed by atoms with van der Waals surface area (Å²) in [5.41, 5.74) is 0.595. The largest absolute Gasteiger partial charge is 0.302 e. The molecule has 14 heavy (non-hydrogen) atoms. The Morgan fingerprint density at radius 2 is 2.00 bits per heavy atom. The van der Waals surface area contributed by atoms with E-state index in [1.54, 1.807) is 0 Å². The van der Waals surface area contributed by atoms with Crippen molar-refractivity contribution in [3.05, 3.63) is 0 Å². The van der Waals surface area contributed by atoms with E-state index >= 15 is 0 Å². The lowest BCUT2D eigenvalue weighted by Gasteiger charge is -2.38. The zero-order valence-corrected chi connectivity index (χ0v) is 9.65. The Morgan fingerprint density at radius 1 is 1.29 bits per heavy atom. The molecular formula is C10H19NO2S. The third kappa shape index (κ3) is 2.28. The predicted octanol–water partition coefficient (Wildman–Crippen LogP) is 0.907. The van der Waals surface area contributed by atoms with Gasteiger partial charge in [0, 0.05) is 19.3 Å². The van der Waals surface area contributed by atoms with Crippen molar-refractivity contribution in [3.8, 4) is 0 Å². The number of hydrogen-bond donors (Lipinski definition) is 0. The van der Waals surface area contributed by atoms with Gasteiger partial charge < -0.3 is 4.90 Å². The van der Waals surface area contributed by atoms with E-state index in [9.17, 15) is 8.42 Å². The highest BCUT2D eigenvalue weighted by molar-refractivity contribution is 7.90. The third-order valence-electron chi connectivity index (χ3n) is 3.71. The Kier molecular flexibility index (Phi) is 2.60. The molecule has 1 spiro atoms. The first-order valence-electron chi connectivity index (χ1n) is 5.39. The van der Waals surface area contributed by atoms with Gasteiger partial charge in [-0.25, -0.2) is 8.42 Å². The molecule has 0 aromatic carbocycles. The van der Waals surface area contributed by atoms with Crippen molar-refractivity contribution in [1.82, 2.24) is 4.90 Å². The second-order valence-electron chi connectivity index (χ2n) is 5.01. The summed E-state index contributed by atoms with van der Waals surface area (Å²) in [6.07, 6.45) is 6.71. The van der Waals surface area contributed by atoms with Crippen molar-refractivity contribution in [1.29, 1.82) is 0 Å². The topological polar surface area (TPSA) is 37.4 Å². The van der Waals surface area contributed by atoms with E-state index in [-0.39, 0.29) is 0 Å². The van der Waals surface area contributed by atoms with Crippen molar-refractivity contribution < 1.29 is 8.42 Å². The van der Waals surface area contributed by atoms with E-state index in [0.29, 0.717) is 11.2 Å². The molecule has 0 atom stereocenters. The molecule has 0 aromatic rings. The van der Waals surface area contributed by atoms with Gasteiger partial charge in [-0.1, -0.05) is 6.42 Å². The van der Waals surface area contributed by atoms with Gasteiger partial charge in [0.05, 0.1) is 5.75 Å². The van der Waals surface area contributed by atoms with E-state index in [0.717, 1.165) is 19.6 Å². The Balaban J connectivity index is 1.79. The molecule has 1 saturated carbocycles. The summed E-state index contributed by atoms with van der Waals surface area (Å²) in [6, 6.07) is 0. The Labute approximate surface area is 86.4 Å². The second-order valence-corrected chi connectivity index (χ2v) is 7.27. The van der Waals surface area contributed by atoms with Crippen LogP contribution in [0.4, 0.5) is 0 Å². The first-order valence-corrected chi connectivity index (χ1v) is 7.45. The van der Waals surface area contributed by atoms with Crippen molar-refractivity contribution in [2.45, 2.75) is 25.7 Å². The highest BCUT2D eigenvalue weighted by Gasteiger charge is 2.42. The molecule has 0 aromatic heterocycles. The van der Waals surface area contributed by atoms with Gasteiger partial charge in [0.15, 0.2) is 0 Å². The molecule has 2 rings (SSSR count). The van der Waals surface area contributed by atoms with Gasteiger partial charge >= 0.3 is 0 Å². The molecule has 1 aliphatic heterocycles. The predicted molar refractivity (Wildman–Crippen MR) is 57.1 cm³/mol. The summed E-state index contributed by atoms with van der Waals surface area (Å²) < 4.78 is 22.0. The van der Waals surface area contributed by atoms with Gasteiger partial charge in [-0.15, -0.1) is 0 Å². The normalized spacial score (nSPS) is 26.6. The van der Waals surface area contributed by atoms with Crippen LogP contribution in [0, 0.1) is 5.41 Å². The summed E-state index contributed by atoms with van der Waals surface area (Å²) in [5.74, 6) is 0.322. The van der Waals surface area contributed by atoms with Crippen LogP contribution in [0.3, 0.4) is 0 Å². The molecule has 0 radical (unpaired) electrons. The van der Waals surface area contributed by atoms with Crippen LogP contribution in [0.5, 0.6) is 0 Å². The maximum absolute atomic E-state index is 11.0. The van der Waals surface area contributed by atoms with E-state index in [1.807, 2.05) is 0 Å². The monoisotopic (exact) mass is 217 g/mol. The Bertz CT molecular complexity index is 306. The molecule has 82 valence electrons. The fourth-order valence-electron chi connectivity index (χ4n) is 2.60. The summed E-state index contributed by atoms with van der Waals surface area (Å²) in [7, 11) is -2.78. The molecule has 3 nitrogen and oxygen atoms in total. The quantitative estimate of drug-likeness (QED) is 0.705. The first kappa shape index (κ1) is 10.4. The van der Waals surface area contributed by atoms with Crippen molar-refractivity contribution in [2.75, 3.05) is 31.6 Å². The standard InChI is InChI=1S/C10H19NO2S/c1-14(12,13)8-7-11-6-5-10(9-11)3-2-4-10/h2-9H2,1H3. The minimum atomic E-state index is -2.78. The van der Waals surface area contributed by atoms with Crippen LogP contribution >= 0.6 is 0 Å². The molecule has 1 aliphatic carbocycles. The molecule has 2 aliphatic rings. The molecule has 0 unspecified atom stereocenters. The lowest BCUT2D eigenvalue weighted by atomic mass is 9.68. The minimum Gasteiger partial charge on any atom is -0.302 e. The summed E-state index contributed by atoms with van der Waals surface area (Å²) in [4.78, 5) is 2.32. The molecule has 0 bridgehead atoms. The lowest BCUT2D eigenvalue weighted by Crippen LogP contribution is -2.34. The number of nitrogens with zero attached hydrogens (tertiary/aromatic N) is 1. The van der Waals surface area contributed by atoms with Crippen LogP contribution in [0.25, 0.3) is 0 Å². The van der Waals surface area contributed by atoms with E-state index < -0.39 is 9.84 Å². The van der Waals surface area contributed by atoms with Crippen LogP contribution in [0.15, 0.2) is 0 Å². The van der Waals surface area contributed by atoms with Crippen LogP contribution in [0.2, 0.25) is 0 Å². The first-order chi connectivity index (χ1) is 6.49. The van der Waals surface area contributed by atoms with Crippen molar-refractivity contribution in [3.63, 3.8) is 0 Å². The van der Waals surface area contributed by atoms with Gasteiger partial charge in [-0.05, 0) is 31.2 Å². The summed E-state index contributed by atoms with van der Waals surface area (Å²) in [5, 5.41) is 0. The van der Waals surface area contributed by atoms with E-state index in [1.165, 1.54) is 31.9 Å². The molecule has 1 heterocycles. The van der Waals surface area contributed by atoms with Gasteiger partial charge in [-0.3, -0.25) is 0 Å². The molecule has 0 N–H and O–H groups in total. The zero-order valence-electron chi connectivity index (χ0n) is 8.83. The van der Waals surface area contributed by atoms with Gasteiger partial charge in [0.1, 0.15) is 9.84 Å². The molecule has 1 saturated heterocycles. The zero-order chi connectivity index (χ0) is 10.2. The Hall–Kier alpha value is -0.0900. The molecule has 0 amide bonds. The van der Waals surface area contributed by atoms with Crippen LogP contribution < -0.4 is 0 Å². The average Bonchev–Trinajstić information content (AvgIpc) is 2.42. The smallest absolute Gasteiger partial charge is 0.148 e. The lowest BCUT2D eigenvalue weighted by molar-refractivity contribution is 0.141. The maximum Gasteiger partial charge on any atom is 0.148 e. The molecule has 2 fully saturated rings. The summed E-state index contributed by atoms with van der Waals surface area (Å²) in [6.45, 7) is 2.98. The fraction of sp³-hybridized carbons (Fsp3) is 1.00. The number of hydrogen-bond acceptors (Lipinski definition) is 3. The Morgan fingerprint density at radius 3 is 2.43 bits per heavy atom. The van der Waals surface area contributed by atoms with Crippen LogP contribution in [-0.2, 0) is 9.84 Å². The highest BCUT2D eigenvalue weighted by atomic mass is 32.2. The van der Waals surface area contributed by atoms with E-state index in [2.05, 4.69) is 4.90 Å². The average molecular weight is 217 g/mol. The minimum absolute atomic E-state index is 0.322. The van der Waals surface area contributed by atoms with Gasteiger partial charge in [-0.2, -0.15) is 0 Å².